The quantitative estimate of drug-likeness (QED) is 0.511. The van der Waals surface area contributed by atoms with Gasteiger partial charge in [-0.15, -0.1) is 0 Å². The number of piperidine rings is 1. The van der Waals surface area contributed by atoms with E-state index in [0.29, 0.717) is 24.1 Å². The summed E-state index contributed by atoms with van der Waals surface area (Å²) in [4.78, 5) is 14.5. The molecule has 1 aliphatic carbocycles. The van der Waals surface area contributed by atoms with E-state index in [0.717, 1.165) is 57.9 Å². The van der Waals surface area contributed by atoms with Crippen LogP contribution < -0.4 is 4.74 Å². The topological polar surface area (TPSA) is 121 Å². The van der Waals surface area contributed by atoms with Gasteiger partial charge in [0.05, 0.1) is 37.6 Å². The summed E-state index contributed by atoms with van der Waals surface area (Å²) in [6.07, 6.45) is 8.78. The molecular weight excluding hydrogens is 465 g/mol. The summed E-state index contributed by atoms with van der Waals surface area (Å²) in [6, 6.07) is 0. The average molecular weight is 498 g/mol. The fourth-order valence-electron chi connectivity index (χ4n) is 4.37. The van der Waals surface area contributed by atoms with Gasteiger partial charge in [-0.25, -0.2) is 22.8 Å². The molecule has 1 saturated heterocycles. The van der Waals surface area contributed by atoms with E-state index in [1.165, 1.54) is 19.3 Å². The summed E-state index contributed by atoms with van der Waals surface area (Å²) in [5.74, 6) is 1.29. The van der Waals surface area contributed by atoms with Crippen molar-refractivity contribution < 1.29 is 26.8 Å². The van der Waals surface area contributed by atoms with Gasteiger partial charge in [-0.1, -0.05) is 5.16 Å². The zero-order chi connectivity index (χ0) is 24.1. The molecule has 2 fully saturated rings. The van der Waals surface area contributed by atoms with E-state index >= 15 is 0 Å². The van der Waals surface area contributed by atoms with E-state index in [1.54, 1.807) is 0 Å². The molecule has 1 saturated carbocycles. The predicted molar refractivity (Wildman–Crippen MR) is 120 cm³/mol. The van der Waals surface area contributed by atoms with Crippen molar-refractivity contribution in [3.63, 3.8) is 0 Å². The summed E-state index contributed by atoms with van der Waals surface area (Å²) < 4.78 is 53.4. The number of rotatable bonds is 9. The lowest BCUT2D eigenvalue weighted by Gasteiger charge is -2.35. The first kappa shape index (κ1) is 24.9. The molecule has 12 heteroatoms. The zero-order valence-electron chi connectivity index (χ0n) is 19.6. The summed E-state index contributed by atoms with van der Waals surface area (Å²) in [6.45, 7) is 3.88. The largest absolute Gasteiger partial charge is 0.473 e. The molecule has 3 heterocycles. The van der Waals surface area contributed by atoms with Crippen molar-refractivity contribution in [2.45, 2.75) is 87.9 Å². The second kappa shape index (κ2) is 11.0. The monoisotopic (exact) mass is 497 g/mol. The van der Waals surface area contributed by atoms with Crippen LogP contribution in [0.4, 0.5) is 4.39 Å². The first-order valence-corrected chi connectivity index (χ1v) is 13.7. The lowest BCUT2D eigenvalue weighted by atomic mass is 9.94. The van der Waals surface area contributed by atoms with Gasteiger partial charge in [-0.2, -0.15) is 4.98 Å². The van der Waals surface area contributed by atoms with E-state index in [2.05, 4.69) is 25.0 Å². The predicted octanol–water partition coefficient (Wildman–Crippen LogP) is 2.53. The van der Waals surface area contributed by atoms with Crippen molar-refractivity contribution in [1.82, 2.24) is 25.0 Å². The minimum absolute atomic E-state index is 0.0281. The fraction of sp³-hybridized carbons (Fsp3) is 0.727. The van der Waals surface area contributed by atoms with Crippen molar-refractivity contribution >= 4 is 9.84 Å². The Morgan fingerprint density at radius 3 is 2.38 bits per heavy atom. The number of halogens is 1. The highest BCUT2D eigenvalue weighted by molar-refractivity contribution is 7.90. The lowest BCUT2D eigenvalue weighted by Crippen LogP contribution is -2.39. The van der Waals surface area contributed by atoms with E-state index in [-0.39, 0.29) is 29.8 Å². The molecule has 0 bridgehead atoms. The molecule has 1 aliphatic heterocycles. The van der Waals surface area contributed by atoms with Crippen molar-refractivity contribution in [2.24, 2.45) is 0 Å². The van der Waals surface area contributed by atoms with Gasteiger partial charge in [-0.3, -0.25) is 4.90 Å². The maximum atomic E-state index is 13.1. The molecule has 1 unspecified atom stereocenters. The molecule has 0 N–H and O–H groups in total. The summed E-state index contributed by atoms with van der Waals surface area (Å²) in [5, 5.41) is 3.90. The molecule has 2 aromatic heterocycles. The third kappa shape index (κ3) is 7.16. The van der Waals surface area contributed by atoms with Crippen LogP contribution in [0.3, 0.4) is 0 Å². The molecule has 0 radical (unpaired) electrons. The highest BCUT2D eigenvalue weighted by Crippen LogP contribution is 2.27. The summed E-state index contributed by atoms with van der Waals surface area (Å²) in [5.41, 5.74) is 0. The number of likely N-dealkylation sites (tertiary alicyclic amines) is 1. The second-order valence-corrected chi connectivity index (χ2v) is 11.1. The Kier molecular flexibility index (Phi) is 8.10. The van der Waals surface area contributed by atoms with Crippen LogP contribution in [0.25, 0.3) is 0 Å². The summed E-state index contributed by atoms with van der Waals surface area (Å²) in [7, 11) is -3.37. The standard InChI is InChI=1S/C22H32FN5O5S/c1-15(23)11-20-26-19(27-33-20)14-28-9-7-18(8-10-28)31-16-3-5-17(6-4-16)32-21-12-25-22(13-24-21)34(2,29)30/h12-13,15-18H,3-11,14H2,1-2H3. The number of nitrogens with zero attached hydrogens (tertiary/aromatic N) is 5. The van der Waals surface area contributed by atoms with Crippen LogP contribution >= 0.6 is 0 Å². The van der Waals surface area contributed by atoms with Gasteiger partial charge < -0.3 is 14.0 Å². The van der Waals surface area contributed by atoms with Gasteiger partial charge in [0.25, 0.3) is 0 Å². The Morgan fingerprint density at radius 1 is 1.09 bits per heavy atom. The smallest absolute Gasteiger partial charge is 0.232 e. The molecule has 10 nitrogen and oxygen atoms in total. The van der Waals surface area contributed by atoms with Crippen molar-refractivity contribution in [3.8, 4) is 5.88 Å². The molecule has 2 aromatic rings. The SMILES string of the molecule is CC(F)Cc1nc(CN2CCC(OC3CCC(Oc4cnc(S(C)(=O)=O)cn4)CC3)CC2)no1. The third-order valence-corrected chi connectivity index (χ3v) is 7.11. The molecule has 1 atom stereocenters. The number of aromatic nitrogens is 4. The molecule has 0 spiro atoms. The Labute approximate surface area is 199 Å². The van der Waals surface area contributed by atoms with Crippen molar-refractivity contribution in [3.05, 3.63) is 24.1 Å². The van der Waals surface area contributed by atoms with Gasteiger partial charge in [0.2, 0.25) is 11.8 Å². The van der Waals surface area contributed by atoms with Gasteiger partial charge in [0.1, 0.15) is 12.3 Å². The Bertz CT molecular complexity index is 1020. The highest BCUT2D eigenvalue weighted by Gasteiger charge is 2.28. The van der Waals surface area contributed by atoms with Gasteiger partial charge >= 0.3 is 0 Å². The number of sulfone groups is 1. The van der Waals surface area contributed by atoms with Gasteiger partial charge in [-0.05, 0) is 45.4 Å². The molecule has 4 rings (SSSR count). The van der Waals surface area contributed by atoms with Crippen LogP contribution in [-0.4, -0.2) is 77.3 Å². The van der Waals surface area contributed by atoms with Crippen LogP contribution in [0.5, 0.6) is 5.88 Å². The maximum absolute atomic E-state index is 13.1. The Morgan fingerprint density at radius 2 is 1.76 bits per heavy atom. The van der Waals surface area contributed by atoms with Crippen LogP contribution in [0.15, 0.2) is 21.9 Å². The van der Waals surface area contributed by atoms with Gasteiger partial charge in [0.15, 0.2) is 20.7 Å². The van der Waals surface area contributed by atoms with Crippen LogP contribution in [0.2, 0.25) is 0 Å². The zero-order valence-corrected chi connectivity index (χ0v) is 20.4. The highest BCUT2D eigenvalue weighted by atomic mass is 32.2. The summed E-state index contributed by atoms with van der Waals surface area (Å²) >= 11 is 0. The minimum Gasteiger partial charge on any atom is -0.473 e. The number of ether oxygens (including phenoxy) is 2. The Balaban J connectivity index is 1.14. The normalized spacial score (nSPS) is 23.6. The Hall–Kier alpha value is -2.18. The number of hydrogen-bond donors (Lipinski definition) is 0. The molecule has 2 aliphatic rings. The van der Waals surface area contributed by atoms with Crippen molar-refractivity contribution in [1.29, 1.82) is 0 Å². The molecular formula is C22H32FN5O5S. The number of alkyl halides is 1. The maximum Gasteiger partial charge on any atom is 0.232 e. The van der Waals surface area contributed by atoms with E-state index in [1.807, 2.05) is 0 Å². The van der Waals surface area contributed by atoms with Crippen LogP contribution in [-0.2, 0) is 27.5 Å². The molecule has 34 heavy (non-hydrogen) atoms. The van der Waals surface area contributed by atoms with Crippen LogP contribution in [0.1, 0.15) is 57.2 Å². The van der Waals surface area contributed by atoms with Crippen molar-refractivity contribution in [2.75, 3.05) is 19.3 Å². The third-order valence-electron chi connectivity index (χ3n) is 6.14. The van der Waals surface area contributed by atoms with Crippen LogP contribution in [0, 0.1) is 0 Å². The fourth-order valence-corrected chi connectivity index (χ4v) is 4.86. The minimum atomic E-state index is -3.37. The molecule has 0 amide bonds. The van der Waals surface area contributed by atoms with E-state index in [4.69, 9.17) is 14.0 Å². The lowest BCUT2D eigenvalue weighted by molar-refractivity contribution is -0.0675. The molecule has 188 valence electrons. The number of hydrogen-bond acceptors (Lipinski definition) is 10. The second-order valence-electron chi connectivity index (χ2n) is 9.18. The van der Waals surface area contributed by atoms with Gasteiger partial charge in [0, 0.05) is 19.3 Å². The first-order chi connectivity index (χ1) is 16.2. The van der Waals surface area contributed by atoms with E-state index in [9.17, 15) is 12.8 Å². The average Bonchev–Trinajstić information content (AvgIpc) is 3.22. The first-order valence-electron chi connectivity index (χ1n) is 11.8. The van der Waals surface area contributed by atoms with E-state index < -0.39 is 16.0 Å². The molecule has 0 aromatic carbocycles.